The van der Waals surface area contributed by atoms with E-state index in [1.165, 1.54) is 0 Å². The minimum absolute atomic E-state index is 0.0320. The van der Waals surface area contributed by atoms with Crippen LogP contribution in [0.2, 0.25) is 5.02 Å². The lowest BCUT2D eigenvalue weighted by Gasteiger charge is -2.26. The number of nitriles is 1. The summed E-state index contributed by atoms with van der Waals surface area (Å²) in [5, 5.41) is 12.2. The Morgan fingerprint density at radius 3 is 2.74 bits per heavy atom. The van der Waals surface area contributed by atoms with Gasteiger partial charge in [0.15, 0.2) is 0 Å². The Balaban J connectivity index is 3.09. The fourth-order valence-corrected chi connectivity index (χ4v) is 2.00. The van der Waals surface area contributed by atoms with Gasteiger partial charge in [-0.25, -0.2) is 0 Å². The van der Waals surface area contributed by atoms with E-state index in [4.69, 9.17) is 16.9 Å². The molecule has 1 rings (SSSR count). The van der Waals surface area contributed by atoms with Crippen molar-refractivity contribution in [2.45, 2.75) is 26.3 Å². The van der Waals surface area contributed by atoms with E-state index in [9.17, 15) is 4.79 Å². The molecule has 0 radical (unpaired) electrons. The molecule has 0 aliphatic rings. The summed E-state index contributed by atoms with van der Waals surface area (Å²) in [6, 6.07) is 7.26. The van der Waals surface area contributed by atoms with E-state index in [2.05, 4.69) is 11.4 Å². The molecule has 102 valence electrons. The second kappa shape index (κ2) is 7.01. The van der Waals surface area contributed by atoms with Gasteiger partial charge in [-0.2, -0.15) is 5.26 Å². The molecule has 0 aromatic heterocycles. The number of amides is 1. The molecule has 1 aromatic carbocycles. The number of halogens is 1. The maximum absolute atomic E-state index is 12.5. The second-order valence-electron chi connectivity index (χ2n) is 4.44. The van der Waals surface area contributed by atoms with Crippen molar-refractivity contribution in [2.75, 3.05) is 18.9 Å². The molecule has 19 heavy (non-hydrogen) atoms. The summed E-state index contributed by atoms with van der Waals surface area (Å²) >= 11 is 5.96. The quantitative estimate of drug-likeness (QED) is 0.901. The molecule has 0 saturated carbocycles. The summed E-state index contributed by atoms with van der Waals surface area (Å²) in [6.07, 6.45) is 0.319. The third-order valence-corrected chi connectivity index (χ3v) is 3.07. The molecule has 1 aromatic rings. The number of nitrogens with zero attached hydrogens (tertiary/aromatic N) is 2. The van der Waals surface area contributed by atoms with Crippen molar-refractivity contribution in [1.29, 1.82) is 5.26 Å². The zero-order valence-corrected chi connectivity index (χ0v) is 12.2. The predicted molar refractivity (Wildman–Crippen MR) is 77.4 cm³/mol. The first kappa shape index (κ1) is 15.3. The molecule has 0 atom stereocenters. The van der Waals surface area contributed by atoms with E-state index in [-0.39, 0.29) is 11.9 Å². The lowest BCUT2D eigenvalue weighted by Crippen LogP contribution is -2.38. The minimum atomic E-state index is -0.114. The van der Waals surface area contributed by atoms with E-state index >= 15 is 0 Å². The highest BCUT2D eigenvalue weighted by molar-refractivity contribution is 6.31. The number of carbonyl (C=O) groups excluding carboxylic acids is 1. The molecule has 0 saturated heterocycles. The van der Waals surface area contributed by atoms with Crippen LogP contribution in [0.25, 0.3) is 0 Å². The normalized spacial score (nSPS) is 10.1. The Labute approximate surface area is 119 Å². The van der Waals surface area contributed by atoms with Gasteiger partial charge in [0.2, 0.25) is 0 Å². The van der Waals surface area contributed by atoms with Gasteiger partial charge in [-0.3, -0.25) is 4.79 Å². The third kappa shape index (κ3) is 3.87. The van der Waals surface area contributed by atoms with Gasteiger partial charge >= 0.3 is 0 Å². The van der Waals surface area contributed by atoms with Crippen LogP contribution in [0.5, 0.6) is 0 Å². The Morgan fingerprint density at radius 2 is 2.21 bits per heavy atom. The van der Waals surface area contributed by atoms with Crippen molar-refractivity contribution in [3.63, 3.8) is 0 Å². The summed E-state index contributed by atoms with van der Waals surface area (Å²) in [7, 11) is 1.76. The maximum Gasteiger partial charge on any atom is 0.256 e. The van der Waals surface area contributed by atoms with Gasteiger partial charge in [0.05, 0.1) is 18.1 Å². The fraction of sp³-hybridized carbons (Fsp3) is 0.429. The third-order valence-electron chi connectivity index (χ3n) is 2.83. The molecular formula is C14H18ClN3O. The van der Waals surface area contributed by atoms with E-state index in [0.29, 0.717) is 23.6 Å². The molecule has 0 aliphatic carbocycles. The van der Waals surface area contributed by atoms with E-state index in [0.717, 1.165) is 5.69 Å². The molecule has 0 aliphatic heterocycles. The van der Waals surface area contributed by atoms with Crippen molar-refractivity contribution in [1.82, 2.24) is 4.90 Å². The smallest absolute Gasteiger partial charge is 0.256 e. The topological polar surface area (TPSA) is 56.1 Å². The van der Waals surface area contributed by atoms with Crippen LogP contribution in [0.1, 0.15) is 30.6 Å². The molecule has 1 N–H and O–H groups in total. The van der Waals surface area contributed by atoms with Gasteiger partial charge < -0.3 is 10.2 Å². The van der Waals surface area contributed by atoms with Crippen molar-refractivity contribution >= 4 is 23.2 Å². The SMILES string of the molecule is CNc1ccc(Cl)cc1C(=O)N(CCC#N)C(C)C. The first-order chi connectivity index (χ1) is 9.01. The Bertz CT molecular complexity index is 494. The predicted octanol–water partition coefficient (Wildman–Crippen LogP) is 3.15. The van der Waals surface area contributed by atoms with Crippen LogP contribution in [0.4, 0.5) is 5.69 Å². The van der Waals surface area contributed by atoms with Gasteiger partial charge in [0.1, 0.15) is 0 Å². The summed E-state index contributed by atoms with van der Waals surface area (Å²) in [4.78, 5) is 14.2. The van der Waals surface area contributed by atoms with Crippen LogP contribution in [0.15, 0.2) is 18.2 Å². The largest absolute Gasteiger partial charge is 0.387 e. The van der Waals surface area contributed by atoms with E-state index < -0.39 is 0 Å². The zero-order chi connectivity index (χ0) is 14.4. The lowest BCUT2D eigenvalue weighted by molar-refractivity contribution is 0.0711. The number of anilines is 1. The first-order valence-electron chi connectivity index (χ1n) is 6.16. The number of benzene rings is 1. The molecular weight excluding hydrogens is 262 g/mol. The highest BCUT2D eigenvalue weighted by Gasteiger charge is 2.21. The first-order valence-corrected chi connectivity index (χ1v) is 6.54. The molecule has 4 nitrogen and oxygen atoms in total. The van der Waals surface area contributed by atoms with Gasteiger partial charge in [0.25, 0.3) is 5.91 Å². The average Bonchev–Trinajstić information content (AvgIpc) is 2.38. The van der Waals surface area contributed by atoms with Crippen LogP contribution in [-0.2, 0) is 0 Å². The van der Waals surface area contributed by atoms with Crippen LogP contribution in [0.3, 0.4) is 0 Å². The Morgan fingerprint density at radius 1 is 1.53 bits per heavy atom. The summed E-state index contributed by atoms with van der Waals surface area (Å²) < 4.78 is 0. The number of rotatable bonds is 5. The molecule has 0 fully saturated rings. The van der Waals surface area contributed by atoms with E-state index in [1.807, 2.05) is 13.8 Å². The lowest BCUT2D eigenvalue weighted by atomic mass is 10.1. The molecule has 0 heterocycles. The van der Waals surface area contributed by atoms with Crippen molar-refractivity contribution in [2.24, 2.45) is 0 Å². The monoisotopic (exact) mass is 279 g/mol. The van der Waals surface area contributed by atoms with Crippen LogP contribution in [-0.4, -0.2) is 30.4 Å². The highest BCUT2D eigenvalue weighted by atomic mass is 35.5. The molecule has 1 amide bonds. The number of nitrogens with one attached hydrogen (secondary N) is 1. The summed E-state index contributed by atoms with van der Waals surface area (Å²) in [6.45, 7) is 4.28. The molecule has 0 unspecified atom stereocenters. The molecule has 0 bridgehead atoms. The van der Waals surface area contributed by atoms with Crippen LogP contribution < -0.4 is 5.32 Å². The van der Waals surface area contributed by atoms with Crippen LogP contribution in [0, 0.1) is 11.3 Å². The number of carbonyl (C=O) groups is 1. The van der Waals surface area contributed by atoms with E-state index in [1.54, 1.807) is 30.1 Å². The molecule has 5 heteroatoms. The second-order valence-corrected chi connectivity index (χ2v) is 4.88. The fourth-order valence-electron chi connectivity index (χ4n) is 1.83. The van der Waals surface area contributed by atoms with Gasteiger partial charge in [-0.15, -0.1) is 0 Å². The molecule has 0 spiro atoms. The maximum atomic E-state index is 12.5. The summed E-state index contributed by atoms with van der Waals surface area (Å²) in [5.74, 6) is -0.114. The minimum Gasteiger partial charge on any atom is -0.387 e. The van der Waals surface area contributed by atoms with Gasteiger partial charge in [0, 0.05) is 30.3 Å². The highest BCUT2D eigenvalue weighted by Crippen LogP contribution is 2.22. The number of hydrogen-bond donors (Lipinski definition) is 1. The average molecular weight is 280 g/mol. The van der Waals surface area contributed by atoms with Gasteiger partial charge in [-0.1, -0.05) is 11.6 Å². The van der Waals surface area contributed by atoms with Crippen molar-refractivity contribution < 1.29 is 4.79 Å². The standard InChI is InChI=1S/C14H18ClN3O/c1-10(2)18(8-4-7-16)14(19)12-9-11(15)5-6-13(12)17-3/h5-6,9-10,17H,4,8H2,1-3H3. The van der Waals surface area contributed by atoms with Crippen LogP contribution >= 0.6 is 11.6 Å². The van der Waals surface area contributed by atoms with Crippen molar-refractivity contribution in [3.05, 3.63) is 28.8 Å². The Hall–Kier alpha value is -1.73. The number of hydrogen-bond acceptors (Lipinski definition) is 3. The van der Waals surface area contributed by atoms with Gasteiger partial charge in [-0.05, 0) is 32.0 Å². The summed E-state index contributed by atoms with van der Waals surface area (Å²) in [5.41, 5.74) is 1.26. The van der Waals surface area contributed by atoms with Crippen molar-refractivity contribution in [3.8, 4) is 6.07 Å². The zero-order valence-electron chi connectivity index (χ0n) is 11.4. The Kier molecular flexibility index (Phi) is 5.65.